The highest BCUT2D eigenvalue weighted by Gasteiger charge is 2.06. The zero-order chi connectivity index (χ0) is 14.0. The van der Waals surface area contributed by atoms with Crippen molar-refractivity contribution in [3.8, 4) is 5.75 Å². The van der Waals surface area contributed by atoms with E-state index < -0.39 is 0 Å². The molecule has 19 heavy (non-hydrogen) atoms. The fraction of sp³-hybridized carbons (Fsp3) is 0.267. The Morgan fingerprint density at radius 1 is 1.47 bits per heavy atom. The van der Waals surface area contributed by atoms with Crippen molar-refractivity contribution in [3.63, 3.8) is 0 Å². The van der Waals surface area contributed by atoms with E-state index in [2.05, 4.69) is 4.98 Å². The van der Waals surface area contributed by atoms with Crippen LogP contribution >= 0.6 is 23.8 Å². The van der Waals surface area contributed by atoms with Gasteiger partial charge in [-0.05, 0) is 44.0 Å². The first-order chi connectivity index (χ1) is 9.02. The number of hydrogen-bond donors (Lipinski definition) is 1. The van der Waals surface area contributed by atoms with Gasteiger partial charge in [-0.1, -0.05) is 29.9 Å². The van der Waals surface area contributed by atoms with E-state index in [-0.39, 0.29) is 0 Å². The van der Waals surface area contributed by atoms with Crippen molar-refractivity contribution in [2.75, 3.05) is 7.11 Å². The lowest BCUT2D eigenvalue weighted by atomic mass is 10.1. The number of aromatic nitrogens is 1. The molecule has 1 N–H and O–H groups in total. The lowest BCUT2D eigenvalue weighted by Crippen LogP contribution is -1.95. The molecule has 2 aromatic rings. The minimum absolute atomic E-state index is 0.740. The summed E-state index contributed by atoms with van der Waals surface area (Å²) in [6.45, 7) is 3.90. The number of hydrogen-bond acceptors (Lipinski definition) is 2. The van der Waals surface area contributed by atoms with Crippen molar-refractivity contribution in [2.45, 2.75) is 20.3 Å². The summed E-state index contributed by atoms with van der Waals surface area (Å²) >= 11 is 11.5. The monoisotopic (exact) mass is 293 g/mol. The van der Waals surface area contributed by atoms with E-state index >= 15 is 0 Å². The number of nitrogens with one attached hydrogen (secondary N) is 1. The van der Waals surface area contributed by atoms with Gasteiger partial charge in [-0.2, -0.15) is 0 Å². The Balaban J connectivity index is 2.65. The Labute approximate surface area is 123 Å². The van der Waals surface area contributed by atoms with Gasteiger partial charge in [-0.3, -0.25) is 0 Å². The van der Waals surface area contributed by atoms with Crippen molar-refractivity contribution in [1.29, 1.82) is 0 Å². The van der Waals surface area contributed by atoms with Crippen LogP contribution in [0.5, 0.6) is 5.75 Å². The fourth-order valence-electron chi connectivity index (χ4n) is 2.05. The summed E-state index contributed by atoms with van der Waals surface area (Å²) < 4.78 is 6.11. The van der Waals surface area contributed by atoms with E-state index in [1.165, 1.54) is 0 Å². The molecule has 0 spiro atoms. The topological polar surface area (TPSA) is 25.0 Å². The Hall–Kier alpha value is -1.32. The molecule has 0 atom stereocenters. The lowest BCUT2D eigenvalue weighted by Gasteiger charge is -2.09. The van der Waals surface area contributed by atoms with Gasteiger partial charge in [-0.25, -0.2) is 0 Å². The number of aryl methyl sites for hydroxylation is 1. The van der Waals surface area contributed by atoms with Gasteiger partial charge in [0.2, 0.25) is 0 Å². The average Bonchev–Trinajstić information content (AvgIpc) is 2.38. The normalized spacial score (nSPS) is 11.9. The van der Waals surface area contributed by atoms with Crippen LogP contribution in [0.15, 0.2) is 29.3 Å². The SMILES string of the molecule is COc1ccc2[nH]c(C)c(C/C=C(\C)Cl)c(=S)c2c1. The molecule has 4 heteroatoms. The van der Waals surface area contributed by atoms with E-state index in [4.69, 9.17) is 28.6 Å². The van der Waals surface area contributed by atoms with Crippen LogP contribution in [0.3, 0.4) is 0 Å². The van der Waals surface area contributed by atoms with Crippen LogP contribution < -0.4 is 4.74 Å². The van der Waals surface area contributed by atoms with Crippen LogP contribution in [0.4, 0.5) is 0 Å². The molecule has 0 unspecified atom stereocenters. The maximum absolute atomic E-state index is 5.90. The predicted octanol–water partition coefficient (Wildman–Crippen LogP) is 4.90. The summed E-state index contributed by atoms with van der Waals surface area (Å²) in [7, 11) is 1.66. The molecule has 0 aliphatic carbocycles. The molecular weight excluding hydrogens is 278 g/mol. The minimum Gasteiger partial charge on any atom is -0.497 e. The number of allylic oxidation sites excluding steroid dienone is 2. The third-order valence-corrected chi connectivity index (χ3v) is 3.73. The van der Waals surface area contributed by atoms with Gasteiger partial charge >= 0.3 is 0 Å². The number of pyridine rings is 1. The van der Waals surface area contributed by atoms with E-state index in [1.54, 1.807) is 7.11 Å². The Morgan fingerprint density at radius 3 is 2.84 bits per heavy atom. The number of benzene rings is 1. The van der Waals surface area contributed by atoms with Crippen LogP contribution in [0.1, 0.15) is 18.2 Å². The third kappa shape index (κ3) is 2.99. The Morgan fingerprint density at radius 2 is 2.21 bits per heavy atom. The Kier molecular flexibility index (Phi) is 4.27. The molecule has 2 rings (SSSR count). The second kappa shape index (κ2) is 5.76. The maximum Gasteiger partial charge on any atom is 0.119 e. The van der Waals surface area contributed by atoms with Crippen LogP contribution in [0.2, 0.25) is 0 Å². The minimum atomic E-state index is 0.740. The first-order valence-corrected chi connectivity index (χ1v) is 6.83. The number of fused-ring (bicyclic) bond motifs is 1. The second-order valence-corrected chi connectivity index (χ2v) is 5.47. The largest absolute Gasteiger partial charge is 0.497 e. The van der Waals surface area contributed by atoms with Gasteiger partial charge in [0.1, 0.15) is 5.75 Å². The summed E-state index contributed by atoms with van der Waals surface area (Å²) in [6.07, 6.45) is 2.71. The van der Waals surface area contributed by atoms with Crippen molar-refractivity contribution in [2.24, 2.45) is 0 Å². The molecule has 100 valence electrons. The quantitative estimate of drug-likeness (QED) is 0.814. The number of halogens is 1. The third-order valence-electron chi connectivity index (χ3n) is 3.11. The van der Waals surface area contributed by atoms with E-state index in [1.807, 2.05) is 38.1 Å². The second-order valence-electron chi connectivity index (χ2n) is 4.46. The number of ether oxygens (including phenoxy) is 1. The molecule has 1 aromatic heterocycles. The highest BCUT2D eigenvalue weighted by atomic mass is 35.5. The summed E-state index contributed by atoms with van der Waals surface area (Å²) in [6, 6.07) is 5.88. The first kappa shape index (κ1) is 14.1. The van der Waals surface area contributed by atoms with Crippen LogP contribution in [-0.2, 0) is 6.42 Å². The van der Waals surface area contributed by atoms with Gasteiger partial charge in [-0.15, -0.1) is 0 Å². The summed E-state index contributed by atoms with van der Waals surface area (Å²) in [5, 5.41) is 1.79. The standard InChI is InChI=1S/C15H16ClNOS/c1-9(16)4-6-12-10(2)17-14-7-5-11(18-3)8-13(14)15(12)19/h4-5,7-8H,6H2,1-3H3,(H,17,19)/b9-4+. The summed E-state index contributed by atoms with van der Waals surface area (Å²) in [5.74, 6) is 0.811. The molecule has 0 aliphatic heterocycles. The van der Waals surface area contributed by atoms with Gasteiger partial charge in [0.25, 0.3) is 0 Å². The van der Waals surface area contributed by atoms with Gasteiger partial charge in [0.05, 0.1) is 11.6 Å². The zero-order valence-electron chi connectivity index (χ0n) is 11.2. The highest BCUT2D eigenvalue weighted by Crippen LogP contribution is 2.24. The molecular formula is C15H16ClNOS. The van der Waals surface area contributed by atoms with E-state index in [9.17, 15) is 0 Å². The van der Waals surface area contributed by atoms with Crippen LogP contribution in [-0.4, -0.2) is 12.1 Å². The van der Waals surface area contributed by atoms with Crippen molar-refractivity contribution in [3.05, 3.63) is 45.1 Å². The van der Waals surface area contributed by atoms with Crippen molar-refractivity contribution in [1.82, 2.24) is 4.98 Å². The van der Waals surface area contributed by atoms with Gasteiger partial charge < -0.3 is 9.72 Å². The Bertz CT molecular complexity index is 699. The first-order valence-electron chi connectivity index (χ1n) is 6.04. The molecule has 0 bridgehead atoms. The molecule has 1 heterocycles. The molecule has 0 saturated carbocycles. The van der Waals surface area contributed by atoms with Crippen molar-refractivity contribution >= 4 is 34.7 Å². The fourth-order valence-corrected chi connectivity index (χ4v) is 2.53. The zero-order valence-corrected chi connectivity index (χ0v) is 12.8. The molecule has 0 amide bonds. The number of rotatable bonds is 3. The van der Waals surface area contributed by atoms with E-state index in [0.29, 0.717) is 0 Å². The van der Waals surface area contributed by atoms with Crippen molar-refractivity contribution < 1.29 is 4.74 Å². The molecule has 2 nitrogen and oxygen atoms in total. The highest BCUT2D eigenvalue weighted by molar-refractivity contribution is 7.71. The molecule has 0 fully saturated rings. The molecule has 0 saturated heterocycles. The van der Waals surface area contributed by atoms with Crippen LogP contribution in [0, 0.1) is 11.4 Å². The van der Waals surface area contributed by atoms with Gasteiger partial charge in [0.15, 0.2) is 0 Å². The predicted molar refractivity (Wildman–Crippen MR) is 83.7 cm³/mol. The number of aromatic amines is 1. The summed E-state index contributed by atoms with van der Waals surface area (Å²) in [5.41, 5.74) is 3.21. The number of methoxy groups -OCH3 is 1. The smallest absolute Gasteiger partial charge is 0.119 e. The lowest BCUT2D eigenvalue weighted by molar-refractivity contribution is 0.415. The van der Waals surface area contributed by atoms with Crippen LogP contribution in [0.25, 0.3) is 10.9 Å². The maximum atomic E-state index is 5.90. The molecule has 0 radical (unpaired) electrons. The van der Waals surface area contributed by atoms with E-state index in [0.717, 1.165) is 43.9 Å². The average molecular weight is 294 g/mol. The summed E-state index contributed by atoms with van der Waals surface area (Å²) in [4.78, 5) is 3.38. The number of H-pyrrole nitrogens is 1. The molecule has 0 aliphatic rings. The molecule has 1 aromatic carbocycles. The van der Waals surface area contributed by atoms with Gasteiger partial charge in [0, 0.05) is 21.6 Å².